The monoisotopic (exact) mass is 275 g/mol. The molecule has 108 valence electrons. The van der Waals surface area contributed by atoms with Crippen LogP contribution in [0.15, 0.2) is 18.3 Å². The zero-order valence-corrected chi connectivity index (χ0v) is 12.5. The quantitative estimate of drug-likeness (QED) is 0.842. The molecular weight excluding hydrogens is 254 g/mol. The van der Waals surface area contributed by atoms with Crippen LogP contribution >= 0.6 is 0 Å². The van der Waals surface area contributed by atoms with Gasteiger partial charge in [-0.25, -0.2) is 4.98 Å². The van der Waals surface area contributed by atoms with E-state index in [0.29, 0.717) is 36.8 Å². The van der Waals surface area contributed by atoms with Crippen LogP contribution in [0.1, 0.15) is 37.0 Å². The van der Waals surface area contributed by atoms with Gasteiger partial charge in [0.25, 0.3) is 5.91 Å². The van der Waals surface area contributed by atoms with E-state index >= 15 is 0 Å². The number of carbonyl (C=O) groups is 1. The van der Waals surface area contributed by atoms with Gasteiger partial charge in [-0.2, -0.15) is 0 Å². The fraction of sp³-hybridized carbons (Fsp3) is 0.467. The lowest BCUT2D eigenvalue weighted by Gasteiger charge is -2.18. The summed E-state index contributed by atoms with van der Waals surface area (Å²) in [5, 5.41) is 0. The number of aryl methyl sites for hydroxylation is 1. The highest BCUT2D eigenvalue weighted by Gasteiger charge is 2.21. The topological polar surface area (TPSA) is 46.8 Å². The summed E-state index contributed by atoms with van der Waals surface area (Å²) in [5.41, 5.74) is 2.04. The fourth-order valence-electron chi connectivity index (χ4n) is 2.34. The number of ether oxygens (including phenoxy) is 1. The van der Waals surface area contributed by atoms with Crippen molar-refractivity contribution in [1.29, 1.82) is 0 Å². The van der Waals surface area contributed by atoms with E-state index in [9.17, 15) is 4.79 Å². The van der Waals surface area contributed by atoms with Crippen molar-refractivity contribution in [3.05, 3.63) is 29.7 Å². The molecule has 2 aromatic heterocycles. The van der Waals surface area contributed by atoms with Gasteiger partial charge in [0.2, 0.25) is 0 Å². The molecular formula is C15H21N3O2. The Balaban J connectivity index is 2.57. The van der Waals surface area contributed by atoms with Gasteiger partial charge in [0, 0.05) is 19.3 Å². The zero-order valence-electron chi connectivity index (χ0n) is 12.5. The highest BCUT2D eigenvalue weighted by atomic mass is 16.5. The molecule has 0 fully saturated rings. The molecule has 1 amide bonds. The summed E-state index contributed by atoms with van der Waals surface area (Å²) in [7, 11) is 0. The lowest BCUT2D eigenvalue weighted by molar-refractivity contribution is 0.0765. The molecule has 0 spiro atoms. The third kappa shape index (κ3) is 2.35. The molecule has 0 N–H and O–H groups in total. The van der Waals surface area contributed by atoms with Gasteiger partial charge in [0.15, 0.2) is 11.4 Å². The van der Waals surface area contributed by atoms with Crippen molar-refractivity contribution in [3.8, 4) is 5.75 Å². The summed E-state index contributed by atoms with van der Waals surface area (Å²) in [5.74, 6) is 0.713. The third-order valence-corrected chi connectivity index (χ3v) is 3.34. The molecule has 2 heterocycles. The summed E-state index contributed by atoms with van der Waals surface area (Å²) in [6.45, 7) is 9.70. The van der Waals surface area contributed by atoms with E-state index in [0.717, 1.165) is 5.69 Å². The molecule has 0 aliphatic carbocycles. The Bertz CT molecular complexity index is 615. The first-order valence-corrected chi connectivity index (χ1v) is 7.03. The van der Waals surface area contributed by atoms with Gasteiger partial charge in [0.05, 0.1) is 12.3 Å². The summed E-state index contributed by atoms with van der Waals surface area (Å²) in [6, 6.07) is 3.75. The Morgan fingerprint density at radius 2 is 2.05 bits per heavy atom. The Morgan fingerprint density at radius 1 is 1.35 bits per heavy atom. The first kappa shape index (κ1) is 14.4. The number of rotatable bonds is 5. The lowest BCUT2D eigenvalue weighted by atomic mass is 10.3. The molecule has 0 aromatic carbocycles. The van der Waals surface area contributed by atoms with E-state index < -0.39 is 0 Å². The van der Waals surface area contributed by atoms with Crippen molar-refractivity contribution in [2.75, 3.05) is 19.7 Å². The second-order valence-corrected chi connectivity index (χ2v) is 4.52. The smallest absolute Gasteiger partial charge is 0.272 e. The van der Waals surface area contributed by atoms with Crippen molar-refractivity contribution in [1.82, 2.24) is 14.3 Å². The number of amides is 1. The van der Waals surface area contributed by atoms with Crippen LogP contribution in [0.4, 0.5) is 0 Å². The first-order valence-electron chi connectivity index (χ1n) is 7.03. The first-order chi connectivity index (χ1) is 9.63. The number of nitrogens with zero attached hydrogens (tertiary/aromatic N) is 3. The maximum atomic E-state index is 12.6. The maximum absolute atomic E-state index is 12.6. The molecule has 0 unspecified atom stereocenters. The van der Waals surface area contributed by atoms with Crippen molar-refractivity contribution in [3.63, 3.8) is 0 Å². The van der Waals surface area contributed by atoms with Crippen molar-refractivity contribution >= 4 is 11.6 Å². The number of fused-ring (bicyclic) bond motifs is 1. The predicted octanol–water partition coefficient (Wildman–Crippen LogP) is 2.52. The number of pyridine rings is 1. The largest absolute Gasteiger partial charge is 0.490 e. The van der Waals surface area contributed by atoms with Crippen LogP contribution in [0.25, 0.3) is 5.65 Å². The van der Waals surface area contributed by atoms with Crippen LogP contribution in [0, 0.1) is 6.92 Å². The predicted molar refractivity (Wildman–Crippen MR) is 78.3 cm³/mol. The average Bonchev–Trinajstić information content (AvgIpc) is 2.77. The van der Waals surface area contributed by atoms with Crippen LogP contribution in [0.5, 0.6) is 5.75 Å². The molecule has 0 aliphatic rings. The van der Waals surface area contributed by atoms with Crippen molar-refractivity contribution in [2.45, 2.75) is 27.7 Å². The van der Waals surface area contributed by atoms with Crippen LogP contribution in [-0.2, 0) is 0 Å². The summed E-state index contributed by atoms with van der Waals surface area (Å²) < 4.78 is 7.39. The molecule has 5 nitrogen and oxygen atoms in total. The van der Waals surface area contributed by atoms with Crippen molar-refractivity contribution in [2.24, 2.45) is 0 Å². The van der Waals surface area contributed by atoms with Gasteiger partial charge in [-0.15, -0.1) is 0 Å². The summed E-state index contributed by atoms with van der Waals surface area (Å²) in [4.78, 5) is 18.9. The van der Waals surface area contributed by atoms with Gasteiger partial charge in [0.1, 0.15) is 5.69 Å². The van der Waals surface area contributed by atoms with E-state index in [4.69, 9.17) is 4.74 Å². The molecule has 5 heteroatoms. The molecule has 20 heavy (non-hydrogen) atoms. The second-order valence-electron chi connectivity index (χ2n) is 4.52. The number of hydrogen-bond donors (Lipinski definition) is 0. The highest BCUT2D eigenvalue weighted by molar-refractivity contribution is 5.95. The zero-order chi connectivity index (χ0) is 14.7. The minimum Gasteiger partial charge on any atom is -0.490 e. The standard InChI is InChI=1S/C15H21N3O2/c1-5-17(6-2)15(19)13-11(4)16-14-12(20-7-3)9-8-10-18(13)14/h8-10H,5-7H2,1-4H3. The number of carbonyl (C=O) groups excluding carboxylic acids is 1. The fourth-order valence-corrected chi connectivity index (χ4v) is 2.34. The van der Waals surface area contributed by atoms with Gasteiger partial charge in [-0.3, -0.25) is 9.20 Å². The van der Waals surface area contributed by atoms with Gasteiger partial charge >= 0.3 is 0 Å². The van der Waals surface area contributed by atoms with Gasteiger partial charge in [-0.1, -0.05) is 0 Å². The van der Waals surface area contributed by atoms with Crippen LogP contribution in [-0.4, -0.2) is 39.9 Å². The van der Waals surface area contributed by atoms with Crippen LogP contribution in [0.3, 0.4) is 0 Å². The molecule has 2 rings (SSSR count). The molecule has 2 aromatic rings. The maximum Gasteiger partial charge on any atom is 0.272 e. The lowest BCUT2D eigenvalue weighted by Crippen LogP contribution is -2.31. The number of hydrogen-bond acceptors (Lipinski definition) is 3. The van der Waals surface area contributed by atoms with E-state index in [1.54, 1.807) is 4.90 Å². The molecule has 0 saturated heterocycles. The molecule has 0 atom stereocenters. The summed E-state index contributed by atoms with van der Waals surface area (Å²) in [6.07, 6.45) is 1.86. The number of imidazole rings is 1. The normalized spacial score (nSPS) is 10.8. The van der Waals surface area contributed by atoms with E-state index in [2.05, 4.69) is 4.98 Å². The highest BCUT2D eigenvalue weighted by Crippen LogP contribution is 2.22. The second kappa shape index (κ2) is 5.94. The van der Waals surface area contributed by atoms with Crippen LogP contribution < -0.4 is 4.74 Å². The number of aromatic nitrogens is 2. The average molecular weight is 275 g/mol. The minimum atomic E-state index is 0.00801. The Kier molecular flexibility index (Phi) is 4.27. The van der Waals surface area contributed by atoms with E-state index in [-0.39, 0.29) is 5.91 Å². The SMILES string of the molecule is CCOc1cccn2c(C(=O)N(CC)CC)c(C)nc12. The van der Waals surface area contributed by atoms with Gasteiger partial charge < -0.3 is 9.64 Å². The Labute approximate surface area is 119 Å². The van der Waals surface area contributed by atoms with Crippen LogP contribution in [0.2, 0.25) is 0 Å². The van der Waals surface area contributed by atoms with E-state index in [1.165, 1.54) is 0 Å². The van der Waals surface area contributed by atoms with Crippen molar-refractivity contribution < 1.29 is 9.53 Å². The van der Waals surface area contributed by atoms with Gasteiger partial charge in [-0.05, 0) is 39.8 Å². The molecule has 0 aliphatic heterocycles. The molecule has 0 bridgehead atoms. The molecule has 0 saturated carbocycles. The third-order valence-electron chi connectivity index (χ3n) is 3.34. The molecule has 0 radical (unpaired) electrons. The summed E-state index contributed by atoms with van der Waals surface area (Å²) >= 11 is 0. The Hall–Kier alpha value is -2.04. The minimum absolute atomic E-state index is 0.00801. The van der Waals surface area contributed by atoms with E-state index in [1.807, 2.05) is 50.4 Å². The Morgan fingerprint density at radius 3 is 2.65 bits per heavy atom.